The SMILES string of the molecule is Cc1ccc(CNC(=O)[C@H](C)Sc2nc3sccc3c(=O)[nH]2)cc1. The van der Waals surface area contributed by atoms with E-state index >= 15 is 0 Å². The van der Waals surface area contributed by atoms with Crippen LogP contribution in [0.15, 0.2) is 45.7 Å². The summed E-state index contributed by atoms with van der Waals surface area (Å²) in [7, 11) is 0. The van der Waals surface area contributed by atoms with Crippen LogP contribution >= 0.6 is 23.1 Å². The molecule has 2 aromatic heterocycles. The molecule has 7 heteroatoms. The minimum absolute atomic E-state index is 0.0884. The zero-order valence-corrected chi connectivity index (χ0v) is 15.0. The number of H-pyrrole nitrogens is 1. The second-order valence-electron chi connectivity index (χ2n) is 5.47. The van der Waals surface area contributed by atoms with Gasteiger partial charge < -0.3 is 10.3 Å². The van der Waals surface area contributed by atoms with Crippen molar-refractivity contribution in [3.63, 3.8) is 0 Å². The number of nitrogens with zero attached hydrogens (tertiary/aromatic N) is 1. The highest BCUT2D eigenvalue weighted by Gasteiger charge is 2.16. The number of fused-ring (bicyclic) bond motifs is 1. The van der Waals surface area contributed by atoms with E-state index in [0.29, 0.717) is 21.9 Å². The first kappa shape index (κ1) is 16.7. The average molecular weight is 359 g/mol. The Bertz CT molecular complexity index is 915. The molecule has 0 radical (unpaired) electrons. The van der Waals surface area contributed by atoms with Crippen molar-refractivity contribution in [1.82, 2.24) is 15.3 Å². The summed E-state index contributed by atoms with van der Waals surface area (Å²) in [5.41, 5.74) is 2.07. The Kier molecular flexibility index (Phi) is 5.01. The van der Waals surface area contributed by atoms with Gasteiger partial charge in [0.25, 0.3) is 5.56 Å². The van der Waals surface area contributed by atoms with Gasteiger partial charge in [0.15, 0.2) is 5.16 Å². The van der Waals surface area contributed by atoms with Gasteiger partial charge in [-0.1, -0.05) is 41.6 Å². The van der Waals surface area contributed by atoms with Gasteiger partial charge in [0.1, 0.15) is 4.83 Å². The van der Waals surface area contributed by atoms with Crippen LogP contribution in [-0.2, 0) is 11.3 Å². The number of aromatic nitrogens is 2. The van der Waals surface area contributed by atoms with Crippen molar-refractivity contribution >= 4 is 39.2 Å². The molecule has 124 valence electrons. The van der Waals surface area contributed by atoms with Crippen LogP contribution in [0.2, 0.25) is 0 Å². The zero-order chi connectivity index (χ0) is 17.1. The van der Waals surface area contributed by atoms with Gasteiger partial charge in [-0.3, -0.25) is 9.59 Å². The fraction of sp³-hybridized carbons (Fsp3) is 0.235. The molecule has 5 nitrogen and oxygen atoms in total. The number of hydrogen-bond acceptors (Lipinski definition) is 5. The summed E-state index contributed by atoms with van der Waals surface area (Å²) in [6, 6.07) is 9.78. The molecule has 1 aromatic carbocycles. The lowest BCUT2D eigenvalue weighted by molar-refractivity contribution is -0.120. The van der Waals surface area contributed by atoms with Crippen molar-refractivity contribution in [3.8, 4) is 0 Å². The first-order chi connectivity index (χ1) is 11.5. The topological polar surface area (TPSA) is 74.8 Å². The number of benzene rings is 1. The largest absolute Gasteiger partial charge is 0.351 e. The molecular formula is C17H17N3O2S2. The van der Waals surface area contributed by atoms with Crippen LogP contribution in [0.1, 0.15) is 18.1 Å². The summed E-state index contributed by atoms with van der Waals surface area (Å²) in [4.78, 5) is 32.0. The summed E-state index contributed by atoms with van der Waals surface area (Å²) in [5, 5.41) is 5.44. The van der Waals surface area contributed by atoms with Gasteiger partial charge in [-0.15, -0.1) is 11.3 Å². The average Bonchev–Trinajstić information content (AvgIpc) is 3.03. The summed E-state index contributed by atoms with van der Waals surface area (Å²) in [6.07, 6.45) is 0. The van der Waals surface area contributed by atoms with E-state index in [1.165, 1.54) is 28.7 Å². The van der Waals surface area contributed by atoms with E-state index in [-0.39, 0.29) is 16.7 Å². The van der Waals surface area contributed by atoms with Crippen LogP contribution < -0.4 is 10.9 Å². The Hall–Kier alpha value is -2.12. The van der Waals surface area contributed by atoms with Gasteiger partial charge in [0, 0.05) is 6.54 Å². The number of carbonyl (C=O) groups excluding carboxylic acids is 1. The molecule has 0 fully saturated rings. The standard InChI is InChI=1S/C17H17N3O2S2/c1-10-3-5-12(6-4-10)9-18-14(21)11(2)24-17-19-15(22)13-7-8-23-16(13)20-17/h3-8,11H,9H2,1-2H3,(H,18,21)(H,19,20,22)/t11-/m0/s1. The number of thioether (sulfide) groups is 1. The Morgan fingerprint density at radius 3 is 2.83 bits per heavy atom. The van der Waals surface area contributed by atoms with Gasteiger partial charge in [0.2, 0.25) is 5.91 Å². The maximum Gasteiger partial charge on any atom is 0.260 e. The zero-order valence-electron chi connectivity index (χ0n) is 13.3. The molecule has 0 spiro atoms. The smallest absolute Gasteiger partial charge is 0.260 e. The quantitative estimate of drug-likeness (QED) is 0.542. The van der Waals surface area contributed by atoms with E-state index in [9.17, 15) is 9.59 Å². The minimum atomic E-state index is -0.351. The van der Waals surface area contributed by atoms with Crippen molar-refractivity contribution < 1.29 is 4.79 Å². The third-order valence-corrected chi connectivity index (χ3v) is 5.35. The number of hydrogen-bond donors (Lipinski definition) is 2. The van der Waals surface area contributed by atoms with E-state index in [1.54, 1.807) is 13.0 Å². The predicted octanol–water partition coefficient (Wildman–Crippen LogP) is 3.09. The van der Waals surface area contributed by atoms with E-state index in [4.69, 9.17) is 0 Å². The molecule has 3 aromatic rings. The summed E-state index contributed by atoms with van der Waals surface area (Å²) in [6.45, 7) is 4.31. The predicted molar refractivity (Wildman–Crippen MR) is 98.6 cm³/mol. The number of aromatic amines is 1. The van der Waals surface area contributed by atoms with Gasteiger partial charge in [-0.2, -0.15) is 0 Å². The van der Waals surface area contributed by atoms with E-state index in [2.05, 4.69) is 15.3 Å². The van der Waals surface area contributed by atoms with Crippen LogP contribution in [-0.4, -0.2) is 21.1 Å². The second-order valence-corrected chi connectivity index (χ2v) is 7.70. The van der Waals surface area contributed by atoms with E-state index < -0.39 is 0 Å². The number of aryl methyl sites for hydroxylation is 1. The Morgan fingerprint density at radius 2 is 2.08 bits per heavy atom. The van der Waals surface area contributed by atoms with Crippen molar-refractivity contribution in [3.05, 3.63) is 57.2 Å². The lowest BCUT2D eigenvalue weighted by Crippen LogP contribution is -2.30. The maximum atomic E-state index is 12.2. The van der Waals surface area contributed by atoms with Crippen LogP contribution in [0.4, 0.5) is 0 Å². The Labute approximate surface area is 147 Å². The van der Waals surface area contributed by atoms with Gasteiger partial charge in [-0.05, 0) is 30.9 Å². The molecule has 1 amide bonds. The van der Waals surface area contributed by atoms with Gasteiger partial charge >= 0.3 is 0 Å². The van der Waals surface area contributed by atoms with Crippen LogP contribution in [0.25, 0.3) is 10.2 Å². The molecule has 0 saturated carbocycles. The molecule has 0 saturated heterocycles. The van der Waals surface area contributed by atoms with Crippen molar-refractivity contribution in [2.45, 2.75) is 30.8 Å². The Balaban J connectivity index is 1.62. The first-order valence-corrected chi connectivity index (χ1v) is 9.26. The molecule has 0 bridgehead atoms. The van der Waals surface area contributed by atoms with Crippen molar-refractivity contribution in [1.29, 1.82) is 0 Å². The lowest BCUT2D eigenvalue weighted by Gasteiger charge is -2.11. The fourth-order valence-electron chi connectivity index (χ4n) is 2.16. The Morgan fingerprint density at radius 1 is 1.33 bits per heavy atom. The normalized spacial score (nSPS) is 12.2. The highest BCUT2D eigenvalue weighted by Crippen LogP contribution is 2.22. The third-order valence-electron chi connectivity index (χ3n) is 3.56. The molecule has 2 N–H and O–H groups in total. The summed E-state index contributed by atoms with van der Waals surface area (Å²) < 4.78 is 0. The molecule has 0 aliphatic carbocycles. The molecule has 3 rings (SSSR count). The molecule has 0 aliphatic heterocycles. The van der Waals surface area contributed by atoms with Crippen LogP contribution in [0, 0.1) is 6.92 Å². The molecular weight excluding hydrogens is 342 g/mol. The van der Waals surface area contributed by atoms with Gasteiger partial charge in [0.05, 0.1) is 10.6 Å². The number of amides is 1. The lowest BCUT2D eigenvalue weighted by atomic mass is 10.1. The number of thiophene rings is 1. The van der Waals surface area contributed by atoms with E-state index in [0.717, 1.165) is 5.56 Å². The van der Waals surface area contributed by atoms with Crippen LogP contribution in [0.3, 0.4) is 0 Å². The molecule has 0 aliphatic rings. The highest BCUT2D eigenvalue weighted by molar-refractivity contribution is 8.00. The monoisotopic (exact) mass is 359 g/mol. The fourth-order valence-corrected chi connectivity index (χ4v) is 3.80. The number of nitrogens with one attached hydrogen (secondary N) is 2. The third kappa shape index (κ3) is 3.85. The highest BCUT2D eigenvalue weighted by atomic mass is 32.2. The molecule has 0 unspecified atom stereocenters. The second kappa shape index (κ2) is 7.19. The summed E-state index contributed by atoms with van der Waals surface area (Å²) in [5.74, 6) is -0.0884. The molecule has 1 atom stereocenters. The number of carbonyl (C=O) groups is 1. The summed E-state index contributed by atoms with van der Waals surface area (Å²) >= 11 is 2.66. The van der Waals surface area contributed by atoms with Gasteiger partial charge in [-0.25, -0.2) is 4.98 Å². The minimum Gasteiger partial charge on any atom is -0.351 e. The van der Waals surface area contributed by atoms with Crippen LogP contribution in [0.5, 0.6) is 0 Å². The first-order valence-electron chi connectivity index (χ1n) is 7.50. The van der Waals surface area contributed by atoms with Crippen molar-refractivity contribution in [2.75, 3.05) is 0 Å². The molecule has 2 heterocycles. The number of rotatable bonds is 5. The van der Waals surface area contributed by atoms with Crippen molar-refractivity contribution in [2.24, 2.45) is 0 Å². The van der Waals surface area contributed by atoms with E-state index in [1.807, 2.05) is 36.6 Å². The molecule has 24 heavy (non-hydrogen) atoms. The maximum absolute atomic E-state index is 12.2.